The Morgan fingerprint density at radius 3 is 2.67 bits per heavy atom. The van der Waals surface area contributed by atoms with Gasteiger partial charge in [-0.2, -0.15) is 0 Å². The summed E-state index contributed by atoms with van der Waals surface area (Å²) in [7, 11) is 0. The Labute approximate surface area is 107 Å². The lowest BCUT2D eigenvalue weighted by Gasteiger charge is -2.27. The van der Waals surface area contributed by atoms with Crippen LogP contribution in [0.15, 0.2) is 22.7 Å². The van der Waals surface area contributed by atoms with Crippen LogP contribution >= 0.6 is 31.9 Å². The van der Waals surface area contributed by atoms with Gasteiger partial charge in [-0.05, 0) is 46.0 Å². The first-order valence-corrected chi connectivity index (χ1v) is 6.96. The minimum Gasteiger partial charge on any atom is -0.206 e. The van der Waals surface area contributed by atoms with Gasteiger partial charge in [0.1, 0.15) is 5.82 Å². The molecule has 3 heteroatoms. The Hall–Kier alpha value is 0.110. The summed E-state index contributed by atoms with van der Waals surface area (Å²) in [6.07, 6.45) is 5.24. The maximum absolute atomic E-state index is 13.0. The lowest BCUT2D eigenvalue weighted by Crippen LogP contribution is -2.12. The molecule has 0 radical (unpaired) electrons. The van der Waals surface area contributed by atoms with Crippen molar-refractivity contribution in [2.24, 2.45) is 5.92 Å². The van der Waals surface area contributed by atoms with Gasteiger partial charge in [-0.1, -0.05) is 41.3 Å². The van der Waals surface area contributed by atoms with Crippen LogP contribution in [0.25, 0.3) is 0 Å². The molecule has 0 aromatic heterocycles. The molecule has 0 N–H and O–H groups in total. The highest BCUT2D eigenvalue weighted by Gasteiger charge is 2.21. The van der Waals surface area contributed by atoms with E-state index >= 15 is 0 Å². The molecule has 1 aromatic rings. The van der Waals surface area contributed by atoms with Crippen molar-refractivity contribution in [3.63, 3.8) is 0 Å². The van der Waals surface area contributed by atoms with Crippen molar-refractivity contribution in [3.05, 3.63) is 34.1 Å². The summed E-state index contributed by atoms with van der Waals surface area (Å²) in [5, 5.41) is 0. The molecule has 1 atom stereocenters. The first-order valence-electron chi connectivity index (χ1n) is 5.26. The number of rotatable bonds is 3. The Bertz CT molecular complexity index is 347. The molecule has 0 bridgehead atoms. The Kier molecular flexibility index (Phi) is 3.83. The second-order valence-electron chi connectivity index (χ2n) is 4.17. The van der Waals surface area contributed by atoms with Crippen LogP contribution in [0.1, 0.15) is 36.1 Å². The molecule has 82 valence electrons. The number of alkyl halides is 1. The van der Waals surface area contributed by atoms with Crippen LogP contribution < -0.4 is 0 Å². The molecule has 15 heavy (non-hydrogen) atoms. The van der Waals surface area contributed by atoms with E-state index in [1.54, 1.807) is 0 Å². The van der Waals surface area contributed by atoms with Gasteiger partial charge in [0.05, 0.1) is 4.47 Å². The molecule has 0 amide bonds. The summed E-state index contributed by atoms with van der Waals surface area (Å²) < 4.78 is 13.6. The van der Waals surface area contributed by atoms with Crippen LogP contribution in [-0.4, -0.2) is 0 Å². The molecule has 1 aliphatic rings. The van der Waals surface area contributed by atoms with E-state index in [1.807, 2.05) is 12.1 Å². The smallest absolute Gasteiger partial charge is 0.137 e. The van der Waals surface area contributed by atoms with Gasteiger partial charge in [0.15, 0.2) is 0 Å². The van der Waals surface area contributed by atoms with Gasteiger partial charge < -0.3 is 0 Å². The van der Waals surface area contributed by atoms with Crippen LogP contribution in [0.4, 0.5) is 4.39 Å². The second-order valence-corrected chi connectivity index (χ2v) is 6.13. The molecule has 1 aromatic carbocycles. The third kappa shape index (κ3) is 2.82. The second kappa shape index (κ2) is 4.96. The summed E-state index contributed by atoms with van der Waals surface area (Å²) in [5.41, 5.74) is 1.16. The summed E-state index contributed by atoms with van der Waals surface area (Å²) in [5.74, 6) is 0.667. The van der Waals surface area contributed by atoms with E-state index in [1.165, 1.54) is 25.3 Å². The fraction of sp³-hybridized carbons (Fsp3) is 0.500. The predicted molar refractivity (Wildman–Crippen MR) is 67.7 cm³/mol. The zero-order valence-corrected chi connectivity index (χ0v) is 11.5. The Morgan fingerprint density at radius 2 is 2.13 bits per heavy atom. The average Bonchev–Trinajstić information content (AvgIpc) is 2.15. The molecule has 0 nitrogen and oxygen atoms in total. The number of hydrogen-bond acceptors (Lipinski definition) is 0. The minimum atomic E-state index is -0.193. The van der Waals surface area contributed by atoms with Crippen LogP contribution in [0.5, 0.6) is 0 Å². The lowest BCUT2D eigenvalue weighted by molar-refractivity contribution is 0.295. The zero-order chi connectivity index (χ0) is 10.8. The summed E-state index contributed by atoms with van der Waals surface area (Å²) in [6.45, 7) is 0. The maximum atomic E-state index is 13.0. The van der Waals surface area contributed by atoms with E-state index in [0.717, 1.165) is 17.9 Å². The SMILES string of the molecule is Fc1ccc(C(Br)CC2CCC2)cc1Br. The van der Waals surface area contributed by atoms with Crippen molar-refractivity contribution >= 4 is 31.9 Å². The van der Waals surface area contributed by atoms with Crippen molar-refractivity contribution in [1.29, 1.82) is 0 Å². The molecular weight excluding hydrogens is 323 g/mol. The van der Waals surface area contributed by atoms with E-state index < -0.39 is 0 Å². The molecule has 0 saturated heterocycles. The van der Waals surface area contributed by atoms with Crippen molar-refractivity contribution in [3.8, 4) is 0 Å². The van der Waals surface area contributed by atoms with E-state index in [4.69, 9.17) is 0 Å². The molecule has 1 fully saturated rings. The number of hydrogen-bond donors (Lipinski definition) is 0. The summed E-state index contributed by atoms with van der Waals surface area (Å²) in [4.78, 5) is 0.361. The van der Waals surface area contributed by atoms with Crippen LogP contribution in [0, 0.1) is 11.7 Å². The van der Waals surface area contributed by atoms with Crippen LogP contribution in [-0.2, 0) is 0 Å². The third-order valence-corrected chi connectivity index (χ3v) is 4.58. The van der Waals surface area contributed by atoms with Crippen molar-refractivity contribution in [2.45, 2.75) is 30.5 Å². The van der Waals surface area contributed by atoms with Gasteiger partial charge in [0.25, 0.3) is 0 Å². The third-order valence-electron chi connectivity index (χ3n) is 3.07. The fourth-order valence-electron chi connectivity index (χ4n) is 1.86. The first-order chi connectivity index (χ1) is 7.16. The molecule has 0 spiro atoms. The van der Waals surface area contributed by atoms with Gasteiger partial charge in [0, 0.05) is 4.83 Å². The zero-order valence-electron chi connectivity index (χ0n) is 8.35. The van der Waals surface area contributed by atoms with Crippen molar-refractivity contribution in [2.75, 3.05) is 0 Å². The molecule has 0 heterocycles. The normalized spacial score (nSPS) is 18.6. The predicted octanol–water partition coefficient (Wildman–Crippen LogP) is 5.21. The van der Waals surface area contributed by atoms with E-state index in [2.05, 4.69) is 31.9 Å². The monoisotopic (exact) mass is 334 g/mol. The molecular formula is C12H13Br2F. The highest BCUT2D eigenvalue weighted by atomic mass is 79.9. The van der Waals surface area contributed by atoms with Gasteiger partial charge in [0.2, 0.25) is 0 Å². The quantitative estimate of drug-likeness (QED) is 0.665. The van der Waals surface area contributed by atoms with Crippen molar-refractivity contribution < 1.29 is 4.39 Å². The topological polar surface area (TPSA) is 0 Å². The Balaban J connectivity index is 2.03. The maximum Gasteiger partial charge on any atom is 0.137 e. The molecule has 1 unspecified atom stereocenters. The van der Waals surface area contributed by atoms with E-state index in [0.29, 0.717) is 9.30 Å². The van der Waals surface area contributed by atoms with Gasteiger partial charge in [-0.25, -0.2) is 4.39 Å². The fourth-order valence-corrected chi connectivity index (χ4v) is 3.07. The van der Waals surface area contributed by atoms with E-state index in [9.17, 15) is 4.39 Å². The first kappa shape index (κ1) is 11.6. The van der Waals surface area contributed by atoms with E-state index in [-0.39, 0.29) is 5.82 Å². The summed E-state index contributed by atoms with van der Waals surface area (Å²) >= 11 is 6.89. The number of halogens is 3. The Morgan fingerprint density at radius 1 is 1.40 bits per heavy atom. The van der Waals surface area contributed by atoms with Gasteiger partial charge in [-0.15, -0.1) is 0 Å². The minimum absolute atomic E-state index is 0.193. The summed E-state index contributed by atoms with van der Waals surface area (Å²) in [6, 6.07) is 5.25. The standard InChI is InChI=1S/C12H13Br2F/c13-10(6-8-2-1-3-8)9-4-5-12(15)11(14)7-9/h4-5,7-8,10H,1-3,6H2. The van der Waals surface area contributed by atoms with Crippen LogP contribution in [0.2, 0.25) is 0 Å². The number of benzene rings is 1. The average molecular weight is 336 g/mol. The molecule has 1 saturated carbocycles. The largest absolute Gasteiger partial charge is 0.206 e. The molecule has 0 aliphatic heterocycles. The van der Waals surface area contributed by atoms with Gasteiger partial charge in [-0.3, -0.25) is 0 Å². The lowest BCUT2D eigenvalue weighted by atomic mass is 9.81. The van der Waals surface area contributed by atoms with Crippen molar-refractivity contribution in [1.82, 2.24) is 0 Å². The highest BCUT2D eigenvalue weighted by molar-refractivity contribution is 9.10. The van der Waals surface area contributed by atoms with Crippen LogP contribution in [0.3, 0.4) is 0 Å². The molecule has 1 aliphatic carbocycles. The highest BCUT2D eigenvalue weighted by Crippen LogP contribution is 2.39. The van der Waals surface area contributed by atoms with Gasteiger partial charge >= 0.3 is 0 Å². The molecule has 2 rings (SSSR count).